The average Bonchev–Trinajstić information content (AvgIpc) is 3.20. The van der Waals surface area contributed by atoms with Crippen molar-refractivity contribution in [3.63, 3.8) is 0 Å². The van der Waals surface area contributed by atoms with E-state index in [1.807, 2.05) is 36.4 Å². The third kappa shape index (κ3) is 5.61. The van der Waals surface area contributed by atoms with Gasteiger partial charge in [0.15, 0.2) is 0 Å². The van der Waals surface area contributed by atoms with Crippen molar-refractivity contribution in [2.75, 3.05) is 38.9 Å². The van der Waals surface area contributed by atoms with Crippen LogP contribution in [0.15, 0.2) is 60.7 Å². The molecule has 6 heteroatoms. The van der Waals surface area contributed by atoms with E-state index in [9.17, 15) is 9.90 Å². The number of aliphatic hydroxyl groups excluding tert-OH is 1. The molecule has 0 saturated heterocycles. The van der Waals surface area contributed by atoms with Crippen LogP contribution in [0.2, 0.25) is 0 Å². The molecule has 0 spiro atoms. The smallest absolute Gasteiger partial charge is 0.244 e. The van der Waals surface area contributed by atoms with Gasteiger partial charge in [-0.1, -0.05) is 71.9 Å². The topological polar surface area (TPSA) is 77.0 Å². The van der Waals surface area contributed by atoms with Gasteiger partial charge in [0.2, 0.25) is 5.91 Å². The van der Waals surface area contributed by atoms with Crippen molar-refractivity contribution in [2.45, 2.75) is 64.2 Å². The lowest BCUT2D eigenvalue weighted by Gasteiger charge is -2.34. The number of ether oxygens (including phenoxy) is 3. The lowest BCUT2D eigenvalue weighted by molar-refractivity contribution is -0.118. The number of anilines is 1. The molecule has 0 bridgehead atoms. The molecule has 1 heterocycles. The van der Waals surface area contributed by atoms with Gasteiger partial charge >= 0.3 is 0 Å². The van der Waals surface area contributed by atoms with E-state index in [1.165, 1.54) is 0 Å². The Morgan fingerprint density at radius 1 is 0.750 bits per heavy atom. The molecule has 40 heavy (non-hydrogen) atoms. The van der Waals surface area contributed by atoms with E-state index in [-0.39, 0.29) is 23.3 Å². The van der Waals surface area contributed by atoms with Crippen LogP contribution in [0.25, 0.3) is 0 Å². The minimum Gasteiger partial charge on any atom is -0.493 e. The highest BCUT2D eigenvalue weighted by Gasteiger charge is 2.53. The van der Waals surface area contributed by atoms with Crippen LogP contribution in [0.5, 0.6) is 11.5 Å². The van der Waals surface area contributed by atoms with Crippen molar-refractivity contribution >= 4 is 11.6 Å². The summed E-state index contributed by atoms with van der Waals surface area (Å²) >= 11 is 0. The highest BCUT2D eigenvalue weighted by atomic mass is 16.5. The molecule has 0 radical (unpaired) electrons. The van der Waals surface area contributed by atoms with Crippen molar-refractivity contribution < 1.29 is 24.1 Å². The number of para-hydroxylation sites is 1. The first-order chi connectivity index (χ1) is 18.9. The first kappa shape index (κ1) is 29.6. The van der Waals surface area contributed by atoms with Crippen molar-refractivity contribution in [3.05, 3.63) is 88.5 Å². The van der Waals surface area contributed by atoms with Crippen LogP contribution in [-0.4, -0.2) is 44.6 Å². The lowest BCUT2D eigenvalue weighted by Crippen LogP contribution is -2.38. The third-order valence-electron chi connectivity index (χ3n) is 7.52. The molecular weight excluding hydrogens is 502 g/mol. The Morgan fingerprint density at radius 3 is 1.82 bits per heavy atom. The molecule has 0 saturated carbocycles. The normalized spacial score (nSPS) is 16.9. The highest BCUT2D eigenvalue weighted by Crippen LogP contribution is 2.54. The van der Waals surface area contributed by atoms with Gasteiger partial charge in [-0.15, -0.1) is 0 Å². The number of nitrogens with one attached hydrogen (secondary N) is 1. The Kier molecular flexibility index (Phi) is 8.62. The van der Waals surface area contributed by atoms with Crippen LogP contribution in [-0.2, 0) is 25.8 Å². The SMILES string of the molecule is COCCOc1ccc(C(C)(C)C)cc1C1(c2cc(C(C)(C)C)ccc2OCCCO)C(=O)Nc2ccccc21. The van der Waals surface area contributed by atoms with Gasteiger partial charge in [-0.2, -0.15) is 0 Å². The van der Waals surface area contributed by atoms with Gasteiger partial charge in [-0.25, -0.2) is 0 Å². The van der Waals surface area contributed by atoms with Gasteiger partial charge < -0.3 is 24.6 Å². The summed E-state index contributed by atoms with van der Waals surface area (Å²) in [5.74, 6) is 1.08. The van der Waals surface area contributed by atoms with Crippen LogP contribution in [0.3, 0.4) is 0 Å². The summed E-state index contributed by atoms with van der Waals surface area (Å²) < 4.78 is 17.9. The summed E-state index contributed by atoms with van der Waals surface area (Å²) in [7, 11) is 1.64. The fraction of sp³-hybridized carbons (Fsp3) is 0.441. The van der Waals surface area contributed by atoms with E-state index in [2.05, 4.69) is 71.1 Å². The van der Waals surface area contributed by atoms with Crippen molar-refractivity contribution in [1.82, 2.24) is 0 Å². The number of benzene rings is 3. The molecule has 1 amide bonds. The van der Waals surface area contributed by atoms with E-state index in [4.69, 9.17) is 14.2 Å². The molecule has 1 atom stereocenters. The number of fused-ring (bicyclic) bond motifs is 1. The van der Waals surface area contributed by atoms with Crippen LogP contribution in [0, 0.1) is 0 Å². The molecule has 0 aromatic heterocycles. The number of aliphatic hydroxyl groups is 1. The maximum Gasteiger partial charge on any atom is 0.244 e. The fourth-order valence-corrected chi connectivity index (χ4v) is 5.25. The third-order valence-corrected chi connectivity index (χ3v) is 7.52. The summed E-state index contributed by atoms with van der Waals surface area (Å²) in [5, 5.41) is 12.6. The average molecular weight is 546 g/mol. The molecular formula is C34H43NO5. The van der Waals surface area contributed by atoms with Gasteiger partial charge in [-0.3, -0.25) is 4.79 Å². The molecule has 2 N–H and O–H groups in total. The van der Waals surface area contributed by atoms with Gasteiger partial charge in [0.05, 0.1) is 13.2 Å². The highest BCUT2D eigenvalue weighted by molar-refractivity contribution is 6.12. The number of carbonyl (C=O) groups excluding carboxylic acids is 1. The van der Waals surface area contributed by atoms with Gasteiger partial charge in [0.1, 0.15) is 23.5 Å². The molecule has 3 aromatic carbocycles. The Morgan fingerprint density at radius 2 is 1.30 bits per heavy atom. The van der Waals surface area contributed by atoms with Crippen LogP contribution in [0.1, 0.15) is 75.8 Å². The van der Waals surface area contributed by atoms with E-state index in [1.54, 1.807) is 7.11 Å². The quantitative estimate of drug-likeness (QED) is 0.290. The second-order valence-electron chi connectivity index (χ2n) is 12.4. The number of rotatable bonds is 10. The van der Waals surface area contributed by atoms with E-state index in [0.29, 0.717) is 37.7 Å². The van der Waals surface area contributed by atoms with Crippen LogP contribution >= 0.6 is 0 Å². The molecule has 1 unspecified atom stereocenters. The Hall–Kier alpha value is -3.35. The monoisotopic (exact) mass is 545 g/mol. The summed E-state index contributed by atoms with van der Waals surface area (Å²) in [6, 6.07) is 20.1. The van der Waals surface area contributed by atoms with E-state index >= 15 is 0 Å². The van der Waals surface area contributed by atoms with E-state index in [0.717, 1.165) is 33.5 Å². The number of hydrogen-bond donors (Lipinski definition) is 2. The molecule has 0 aliphatic carbocycles. The summed E-state index contributed by atoms with van der Waals surface area (Å²) in [6.07, 6.45) is 0.487. The molecule has 1 aliphatic heterocycles. The Balaban J connectivity index is 2.12. The minimum atomic E-state index is -1.24. The summed E-state index contributed by atoms with van der Waals surface area (Å²) in [4.78, 5) is 14.6. The number of carbonyl (C=O) groups is 1. The molecule has 214 valence electrons. The minimum absolute atomic E-state index is 0.0228. The van der Waals surface area contributed by atoms with Gasteiger partial charge in [0.25, 0.3) is 0 Å². The number of hydrogen-bond acceptors (Lipinski definition) is 5. The predicted molar refractivity (Wildman–Crippen MR) is 160 cm³/mol. The maximum atomic E-state index is 14.6. The zero-order chi connectivity index (χ0) is 29.1. The van der Waals surface area contributed by atoms with E-state index < -0.39 is 5.41 Å². The Bertz CT molecular complexity index is 1280. The van der Waals surface area contributed by atoms with Crippen molar-refractivity contribution in [2.24, 2.45) is 0 Å². The summed E-state index contributed by atoms with van der Waals surface area (Å²) in [5.41, 5.74) is 3.73. The second-order valence-corrected chi connectivity index (χ2v) is 12.4. The van der Waals surface area contributed by atoms with Gasteiger partial charge in [-0.05, 0) is 52.3 Å². The molecule has 3 aromatic rings. The van der Waals surface area contributed by atoms with Crippen molar-refractivity contribution in [3.8, 4) is 11.5 Å². The van der Waals surface area contributed by atoms with Crippen LogP contribution < -0.4 is 14.8 Å². The fourth-order valence-electron chi connectivity index (χ4n) is 5.25. The first-order valence-electron chi connectivity index (χ1n) is 14.0. The van der Waals surface area contributed by atoms with Gasteiger partial charge in [0, 0.05) is 42.5 Å². The maximum absolute atomic E-state index is 14.6. The number of amides is 1. The van der Waals surface area contributed by atoms with Crippen LogP contribution in [0.4, 0.5) is 5.69 Å². The zero-order valence-corrected chi connectivity index (χ0v) is 24.9. The standard InChI is InChI=1S/C34H43NO5/c1-32(2,3)23-13-15-29(39-18-10-17-36)26(21-23)34(25-11-8-9-12-28(25)35-31(34)37)27-22-24(33(4,5)6)14-16-30(27)40-20-19-38-7/h8-9,11-16,21-22,36H,10,17-20H2,1-7H3,(H,35,37). The molecule has 0 fully saturated rings. The Labute approximate surface area is 238 Å². The zero-order valence-electron chi connectivity index (χ0n) is 24.9. The predicted octanol–water partition coefficient (Wildman–Crippen LogP) is 6.35. The lowest BCUT2D eigenvalue weighted by atomic mass is 9.67. The first-order valence-corrected chi connectivity index (χ1v) is 14.0. The molecule has 6 nitrogen and oxygen atoms in total. The summed E-state index contributed by atoms with van der Waals surface area (Å²) in [6.45, 7) is 14.1. The largest absolute Gasteiger partial charge is 0.493 e. The molecule has 1 aliphatic rings. The second kappa shape index (κ2) is 11.6. The number of methoxy groups -OCH3 is 1. The molecule has 4 rings (SSSR count). The van der Waals surface area contributed by atoms with Crippen molar-refractivity contribution in [1.29, 1.82) is 0 Å².